The molecular formula is C18H20FN3O4S. The van der Waals surface area contributed by atoms with Gasteiger partial charge in [-0.25, -0.2) is 17.1 Å². The second-order valence-electron chi connectivity index (χ2n) is 6.01. The molecule has 2 rings (SSSR count). The number of sulfonamides is 1. The summed E-state index contributed by atoms with van der Waals surface area (Å²) in [6.07, 6.45) is 0. The summed E-state index contributed by atoms with van der Waals surface area (Å²) in [5.41, 5.74) is 1.10. The molecule has 144 valence electrons. The first-order chi connectivity index (χ1) is 12.6. The van der Waals surface area contributed by atoms with Crippen molar-refractivity contribution in [1.29, 1.82) is 0 Å². The summed E-state index contributed by atoms with van der Waals surface area (Å²) in [5.74, 6) is -1.62. The van der Waals surface area contributed by atoms with Crippen molar-refractivity contribution in [2.45, 2.75) is 11.8 Å². The van der Waals surface area contributed by atoms with Gasteiger partial charge in [-0.3, -0.25) is 9.59 Å². The average molecular weight is 393 g/mol. The van der Waals surface area contributed by atoms with Gasteiger partial charge in [0.05, 0.1) is 11.4 Å². The fraction of sp³-hybridized carbons (Fsp3) is 0.222. The van der Waals surface area contributed by atoms with Gasteiger partial charge in [0.1, 0.15) is 5.82 Å². The van der Waals surface area contributed by atoms with Crippen LogP contribution in [0, 0.1) is 12.7 Å². The van der Waals surface area contributed by atoms with Crippen LogP contribution in [0.5, 0.6) is 0 Å². The molecule has 27 heavy (non-hydrogen) atoms. The zero-order chi connectivity index (χ0) is 20.2. The Bertz CT molecular complexity index is 974. The molecule has 2 aromatic carbocycles. The Hall–Kier alpha value is -2.78. The molecule has 0 fully saturated rings. The van der Waals surface area contributed by atoms with Gasteiger partial charge in [-0.15, -0.1) is 0 Å². The van der Waals surface area contributed by atoms with E-state index in [4.69, 9.17) is 0 Å². The highest BCUT2D eigenvalue weighted by Gasteiger charge is 2.19. The maximum atomic E-state index is 13.3. The molecule has 2 aromatic rings. The van der Waals surface area contributed by atoms with Crippen LogP contribution < -0.4 is 10.6 Å². The molecular weight excluding hydrogens is 373 g/mol. The van der Waals surface area contributed by atoms with Gasteiger partial charge in [-0.05, 0) is 42.8 Å². The summed E-state index contributed by atoms with van der Waals surface area (Å²) in [6.45, 7) is 1.36. The first-order valence-electron chi connectivity index (χ1n) is 7.98. The van der Waals surface area contributed by atoms with Gasteiger partial charge < -0.3 is 10.6 Å². The molecule has 0 saturated carbocycles. The number of hydrogen-bond donors (Lipinski definition) is 2. The van der Waals surface area contributed by atoms with E-state index in [1.54, 1.807) is 6.92 Å². The van der Waals surface area contributed by atoms with Crippen LogP contribution in [0.4, 0.5) is 10.1 Å². The smallest absolute Gasteiger partial charge is 0.251 e. The summed E-state index contributed by atoms with van der Waals surface area (Å²) >= 11 is 0. The molecule has 2 N–H and O–H groups in total. The van der Waals surface area contributed by atoms with E-state index in [9.17, 15) is 22.4 Å². The third-order valence-corrected chi connectivity index (χ3v) is 5.57. The zero-order valence-corrected chi connectivity index (χ0v) is 15.9. The van der Waals surface area contributed by atoms with Gasteiger partial charge >= 0.3 is 0 Å². The standard InChI is InChI=1S/C18H20FN3O4S/c1-12-7-8-14(19)10-16(12)21-17(23)11-20-18(24)13-5-4-6-15(9-13)27(25,26)22(2)3/h4-10H,11H2,1-3H3,(H,20,24)(H,21,23). The van der Waals surface area contributed by atoms with Crippen LogP contribution in [0.1, 0.15) is 15.9 Å². The third-order valence-electron chi connectivity index (χ3n) is 3.76. The molecule has 0 aliphatic carbocycles. The minimum Gasteiger partial charge on any atom is -0.343 e. The van der Waals surface area contributed by atoms with Crippen LogP contribution in [0.2, 0.25) is 0 Å². The van der Waals surface area contributed by atoms with Gasteiger partial charge in [0, 0.05) is 25.3 Å². The summed E-state index contributed by atoms with van der Waals surface area (Å²) in [7, 11) is -0.896. The zero-order valence-electron chi connectivity index (χ0n) is 15.1. The molecule has 0 aliphatic rings. The highest BCUT2D eigenvalue weighted by atomic mass is 32.2. The van der Waals surface area contributed by atoms with Crippen molar-refractivity contribution < 1.29 is 22.4 Å². The van der Waals surface area contributed by atoms with E-state index in [0.29, 0.717) is 11.3 Å². The predicted octanol–water partition coefficient (Wildman–Crippen LogP) is 1.75. The second kappa shape index (κ2) is 8.28. The molecule has 0 spiro atoms. The van der Waals surface area contributed by atoms with Gasteiger partial charge in [0.25, 0.3) is 5.91 Å². The molecule has 0 aliphatic heterocycles. The van der Waals surface area contributed by atoms with Crippen molar-refractivity contribution in [2.24, 2.45) is 0 Å². The van der Waals surface area contributed by atoms with Crippen molar-refractivity contribution >= 4 is 27.5 Å². The molecule has 7 nitrogen and oxygen atoms in total. The summed E-state index contributed by atoms with van der Waals surface area (Å²) < 4.78 is 38.6. The number of aryl methyl sites for hydroxylation is 1. The van der Waals surface area contributed by atoms with Gasteiger partial charge in [0.15, 0.2) is 0 Å². The first kappa shape index (κ1) is 20.5. The third kappa shape index (κ3) is 5.11. The summed E-state index contributed by atoms with van der Waals surface area (Å²) in [4.78, 5) is 24.2. The summed E-state index contributed by atoms with van der Waals surface area (Å²) in [5, 5.41) is 4.92. The number of nitrogens with zero attached hydrogens (tertiary/aromatic N) is 1. The average Bonchev–Trinajstić information content (AvgIpc) is 2.62. The van der Waals surface area contributed by atoms with Crippen LogP contribution in [0.3, 0.4) is 0 Å². The van der Waals surface area contributed by atoms with E-state index in [1.165, 1.54) is 56.6 Å². The number of nitrogens with one attached hydrogen (secondary N) is 2. The number of carbonyl (C=O) groups excluding carboxylic acids is 2. The van der Waals surface area contributed by atoms with Gasteiger partial charge in [-0.2, -0.15) is 0 Å². The number of benzene rings is 2. The monoisotopic (exact) mass is 393 g/mol. The maximum Gasteiger partial charge on any atom is 0.251 e. The fourth-order valence-corrected chi connectivity index (χ4v) is 3.14. The Balaban J connectivity index is 2.03. The largest absolute Gasteiger partial charge is 0.343 e. The van der Waals surface area contributed by atoms with E-state index in [2.05, 4.69) is 10.6 Å². The van der Waals surface area contributed by atoms with Crippen molar-refractivity contribution in [3.05, 3.63) is 59.4 Å². The number of rotatable bonds is 6. The Morgan fingerprint density at radius 3 is 2.48 bits per heavy atom. The molecule has 0 atom stereocenters. The molecule has 0 radical (unpaired) electrons. The number of hydrogen-bond acceptors (Lipinski definition) is 4. The molecule has 0 heterocycles. The first-order valence-corrected chi connectivity index (χ1v) is 9.42. The molecule has 0 bridgehead atoms. The van der Waals surface area contributed by atoms with Crippen molar-refractivity contribution in [2.75, 3.05) is 26.0 Å². The Kier molecular flexibility index (Phi) is 6.29. The van der Waals surface area contributed by atoms with Crippen molar-refractivity contribution in [1.82, 2.24) is 9.62 Å². The van der Waals surface area contributed by atoms with Crippen LogP contribution in [0.25, 0.3) is 0 Å². The van der Waals surface area contributed by atoms with Crippen molar-refractivity contribution in [3.8, 4) is 0 Å². The summed E-state index contributed by atoms with van der Waals surface area (Å²) in [6, 6.07) is 9.50. The van der Waals surface area contributed by atoms with Crippen LogP contribution >= 0.6 is 0 Å². The number of anilines is 1. The molecule has 9 heteroatoms. The second-order valence-corrected chi connectivity index (χ2v) is 8.16. The lowest BCUT2D eigenvalue weighted by molar-refractivity contribution is -0.115. The van der Waals surface area contributed by atoms with Crippen LogP contribution in [-0.2, 0) is 14.8 Å². The highest BCUT2D eigenvalue weighted by molar-refractivity contribution is 7.89. The SMILES string of the molecule is Cc1ccc(F)cc1NC(=O)CNC(=O)c1cccc(S(=O)(=O)N(C)C)c1. The Morgan fingerprint density at radius 1 is 1.11 bits per heavy atom. The lowest BCUT2D eigenvalue weighted by atomic mass is 10.2. The van der Waals surface area contributed by atoms with E-state index in [1.807, 2.05) is 0 Å². The quantitative estimate of drug-likeness (QED) is 0.782. The van der Waals surface area contributed by atoms with Crippen molar-refractivity contribution in [3.63, 3.8) is 0 Å². The maximum absolute atomic E-state index is 13.3. The van der Waals surface area contributed by atoms with Crippen LogP contribution in [-0.4, -0.2) is 45.2 Å². The fourth-order valence-electron chi connectivity index (χ4n) is 2.19. The number of halogens is 1. The normalized spacial score (nSPS) is 11.3. The van der Waals surface area contributed by atoms with Crippen LogP contribution in [0.15, 0.2) is 47.4 Å². The Labute approximate surface area is 157 Å². The highest BCUT2D eigenvalue weighted by Crippen LogP contribution is 2.16. The molecule has 2 amide bonds. The molecule has 0 unspecified atom stereocenters. The van der Waals surface area contributed by atoms with Gasteiger partial charge in [-0.1, -0.05) is 12.1 Å². The van der Waals surface area contributed by atoms with E-state index in [-0.39, 0.29) is 17.0 Å². The number of amides is 2. The minimum atomic E-state index is -3.68. The lowest BCUT2D eigenvalue weighted by Crippen LogP contribution is -2.33. The van der Waals surface area contributed by atoms with E-state index < -0.39 is 27.7 Å². The molecule has 0 aromatic heterocycles. The van der Waals surface area contributed by atoms with Gasteiger partial charge in [0.2, 0.25) is 15.9 Å². The topological polar surface area (TPSA) is 95.6 Å². The lowest BCUT2D eigenvalue weighted by Gasteiger charge is -2.12. The Morgan fingerprint density at radius 2 is 1.81 bits per heavy atom. The van der Waals surface area contributed by atoms with E-state index >= 15 is 0 Å². The van der Waals surface area contributed by atoms with E-state index in [0.717, 1.165) is 4.31 Å². The number of carbonyl (C=O) groups is 2. The minimum absolute atomic E-state index is 0.0278. The molecule has 0 saturated heterocycles. The predicted molar refractivity (Wildman–Crippen MR) is 99.4 cm³/mol.